The van der Waals surface area contributed by atoms with Gasteiger partial charge in [-0.25, -0.2) is 0 Å². The molecule has 1 aromatic rings. The van der Waals surface area contributed by atoms with E-state index in [4.69, 9.17) is 5.73 Å². The van der Waals surface area contributed by atoms with Crippen LogP contribution in [0.15, 0.2) is 12.3 Å². The fourth-order valence-corrected chi connectivity index (χ4v) is 1.43. The van der Waals surface area contributed by atoms with Crippen molar-refractivity contribution in [2.24, 2.45) is 5.73 Å². The van der Waals surface area contributed by atoms with Gasteiger partial charge in [-0.2, -0.15) is 4.39 Å². The van der Waals surface area contributed by atoms with Crippen molar-refractivity contribution in [2.75, 3.05) is 0 Å². The van der Waals surface area contributed by atoms with Crippen molar-refractivity contribution in [2.45, 2.75) is 18.4 Å². The van der Waals surface area contributed by atoms with E-state index >= 15 is 0 Å². The second-order valence-electron chi connectivity index (χ2n) is 3.29. The molecule has 1 aliphatic rings. The average Bonchev–Trinajstić information content (AvgIpc) is 2.81. The highest BCUT2D eigenvalue weighted by Crippen LogP contribution is 2.42. The van der Waals surface area contributed by atoms with Crippen LogP contribution in [0.5, 0.6) is 0 Å². The van der Waals surface area contributed by atoms with Crippen LogP contribution >= 0.6 is 0 Å². The standard InChI is InChI=1S/C8H8FN3O2/c9-5-1-2-11-7(4-3-6(4)10)8(5)12(13)14/h1-2,4,6H,3,10H2. The molecule has 0 aliphatic heterocycles. The van der Waals surface area contributed by atoms with Crippen molar-refractivity contribution in [1.82, 2.24) is 4.98 Å². The molecular formula is C8H8FN3O2. The van der Waals surface area contributed by atoms with Crippen molar-refractivity contribution in [3.63, 3.8) is 0 Å². The first kappa shape index (κ1) is 9.01. The molecule has 0 aromatic carbocycles. The summed E-state index contributed by atoms with van der Waals surface area (Å²) in [6, 6.07) is 0.859. The molecule has 2 unspecified atom stereocenters. The SMILES string of the molecule is NC1CC1c1nccc(F)c1[N+](=O)[O-]. The lowest BCUT2D eigenvalue weighted by Gasteiger charge is -2.00. The lowest BCUT2D eigenvalue weighted by atomic mass is 10.2. The molecule has 1 aliphatic carbocycles. The number of hydrogen-bond acceptors (Lipinski definition) is 4. The van der Waals surface area contributed by atoms with Gasteiger partial charge in [0.15, 0.2) is 0 Å². The number of rotatable bonds is 2. The van der Waals surface area contributed by atoms with Gasteiger partial charge in [-0.1, -0.05) is 0 Å². The van der Waals surface area contributed by atoms with Gasteiger partial charge in [0.1, 0.15) is 5.69 Å². The molecule has 0 radical (unpaired) electrons. The predicted molar refractivity (Wildman–Crippen MR) is 46.2 cm³/mol. The largest absolute Gasteiger partial charge is 0.327 e. The number of halogens is 1. The number of hydrogen-bond donors (Lipinski definition) is 1. The number of pyridine rings is 1. The summed E-state index contributed by atoms with van der Waals surface area (Å²) in [7, 11) is 0. The average molecular weight is 197 g/mol. The van der Waals surface area contributed by atoms with Crippen molar-refractivity contribution in [3.05, 3.63) is 33.9 Å². The predicted octanol–water partition coefficient (Wildman–Crippen LogP) is 0.943. The molecule has 1 fully saturated rings. The topological polar surface area (TPSA) is 82.0 Å². The van der Waals surface area contributed by atoms with Crippen LogP contribution in [-0.2, 0) is 0 Å². The van der Waals surface area contributed by atoms with Gasteiger partial charge in [0.2, 0.25) is 5.82 Å². The van der Waals surface area contributed by atoms with Crippen molar-refractivity contribution in [3.8, 4) is 0 Å². The Labute approximate surface area is 78.9 Å². The van der Waals surface area contributed by atoms with Crippen molar-refractivity contribution in [1.29, 1.82) is 0 Å². The van der Waals surface area contributed by atoms with Crippen molar-refractivity contribution < 1.29 is 9.31 Å². The van der Waals surface area contributed by atoms with Gasteiger partial charge in [-0.3, -0.25) is 15.1 Å². The molecule has 1 heterocycles. The van der Waals surface area contributed by atoms with Gasteiger partial charge >= 0.3 is 5.69 Å². The maximum absolute atomic E-state index is 13.1. The summed E-state index contributed by atoms with van der Waals surface area (Å²) < 4.78 is 13.1. The molecule has 0 amide bonds. The highest BCUT2D eigenvalue weighted by molar-refractivity contribution is 5.42. The van der Waals surface area contributed by atoms with E-state index < -0.39 is 16.4 Å². The summed E-state index contributed by atoms with van der Waals surface area (Å²) in [6.07, 6.45) is 1.86. The Hall–Kier alpha value is -1.56. The van der Waals surface area contributed by atoms with Crippen LogP contribution in [0.1, 0.15) is 18.0 Å². The number of nitrogens with zero attached hydrogens (tertiary/aromatic N) is 2. The van der Waals surface area contributed by atoms with Crippen LogP contribution in [0.4, 0.5) is 10.1 Å². The summed E-state index contributed by atoms with van der Waals surface area (Å²) in [6.45, 7) is 0. The van der Waals surface area contributed by atoms with E-state index in [0.29, 0.717) is 6.42 Å². The molecule has 74 valence electrons. The lowest BCUT2D eigenvalue weighted by Crippen LogP contribution is -2.06. The van der Waals surface area contributed by atoms with E-state index in [9.17, 15) is 14.5 Å². The van der Waals surface area contributed by atoms with E-state index in [1.807, 2.05) is 0 Å². The molecule has 1 saturated carbocycles. The van der Waals surface area contributed by atoms with Gasteiger partial charge < -0.3 is 5.73 Å². The van der Waals surface area contributed by atoms with Gasteiger partial charge in [0.25, 0.3) is 0 Å². The molecule has 0 bridgehead atoms. The molecule has 0 spiro atoms. The monoisotopic (exact) mass is 197 g/mol. The summed E-state index contributed by atoms with van der Waals surface area (Å²) in [5.74, 6) is -1.01. The first-order chi connectivity index (χ1) is 6.61. The Balaban J connectivity index is 2.48. The normalized spacial score (nSPS) is 24.7. The van der Waals surface area contributed by atoms with E-state index in [1.165, 1.54) is 6.20 Å². The Kier molecular flexibility index (Phi) is 1.92. The van der Waals surface area contributed by atoms with Crippen molar-refractivity contribution >= 4 is 5.69 Å². The summed E-state index contributed by atoms with van der Waals surface area (Å²) in [5, 5.41) is 10.6. The van der Waals surface area contributed by atoms with Gasteiger partial charge in [0.05, 0.1) is 4.92 Å². The van der Waals surface area contributed by atoms with E-state index in [0.717, 1.165) is 6.07 Å². The molecule has 1 aromatic heterocycles. The molecular weight excluding hydrogens is 189 g/mol. The molecule has 2 N–H and O–H groups in total. The zero-order valence-corrected chi connectivity index (χ0v) is 7.18. The van der Waals surface area contributed by atoms with Crippen LogP contribution in [0.3, 0.4) is 0 Å². The van der Waals surface area contributed by atoms with E-state index in [2.05, 4.69) is 4.98 Å². The third-order valence-electron chi connectivity index (χ3n) is 2.28. The summed E-state index contributed by atoms with van der Waals surface area (Å²) >= 11 is 0. The maximum Gasteiger partial charge on any atom is 0.326 e. The van der Waals surface area contributed by atoms with Crippen LogP contribution in [0, 0.1) is 15.9 Å². The third-order valence-corrected chi connectivity index (χ3v) is 2.28. The second kappa shape index (κ2) is 2.98. The molecule has 6 heteroatoms. The van der Waals surface area contributed by atoms with Gasteiger partial charge in [0, 0.05) is 18.2 Å². The number of nitrogens with two attached hydrogens (primary N) is 1. The zero-order chi connectivity index (χ0) is 10.3. The Morgan fingerprint density at radius 2 is 2.36 bits per heavy atom. The maximum atomic E-state index is 13.1. The molecule has 2 rings (SSSR count). The number of aromatic nitrogens is 1. The third kappa shape index (κ3) is 1.33. The Morgan fingerprint density at radius 3 is 2.86 bits per heavy atom. The van der Waals surface area contributed by atoms with Crippen LogP contribution < -0.4 is 5.73 Å². The quantitative estimate of drug-likeness (QED) is 0.565. The zero-order valence-electron chi connectivity index (χ0n) is 7.18. The fraction of sp³-hybridized carbons (Fsp3) is 0.375. The molecule has 5 nitrogen and oxygen atoms in total. The highest BCUT2D eigenvalue weighted by atomic mass is 19.1. The smallest absolute Gasteiger partial charge is 0.326 e. The lowest BCUT2D eigenvalue weighted by molar-refractivity contribution is -0.388. The highest BCUT2D eigenvalue weighted by Gasteiger charge is 2.41. The molecule has 0 saturated heterocycles. The van der Waals surface area contributed by atoms with Gasteiger partial charge in [-0.15, -0.1) is 0 Å². The van der Waals surface area contributed by atoms with Gasteiger partial charge in [-0.05, 0) is 12.5 Å². The van der Waals surface area contributed by atoms with Crippen LogP contribution in [0.25, 0.3) is 0 Å². The summed E-state index contributed by atoms with van der Waals surface area (Å²) in [4.78, 5) is 13.6. The molecule has 14 heavy (non-hydrogen) atoms. The Bertz CT molecular complexity index is 396. The minimum absolute atomic E-state index is 0.122. The minimum atomic E-state index is -0.848. The number of nitro groups is 1. The second-order valence-corrected chi connectivity index (χ2v) is 3.29. The first-order valence-electron chi connectivity index (χ1n) is 4.15. The van der Waals surface area contributed by atoms with E-state index in [-0.39, 0.29) is 17.7 Å². The molecule has 2 atom stereocenters. The van der Waals surface area contributed by atoms with Crippen LogP contribution in [-0.4, -0.2) is 15.9 Å². The van der Waals surface area contributed by atoms with E-state index in [1.54, 1.807) is 0 Å². The Morgan fingerprint density at radius 1 is 1.71 bits per heavy atom. The summed E-state index contributed by atoms with van der Waals surface area (Å²) in [5.41, 5.74) is 5.16. The van der Waals surface area contributed by atoms with Crippen LogP contribution in [0.2, 0.25) is 0 Å². The first-order valence-corrected chi connectivity index (χ1v) is 4.15. The fourth-order valence-electron chi connectivity index (χ4n) is 1.43. The minimum Gasteiger partial charge on any atom is -0.327 e.